The van der Waals surface area contributed by atoms with Gasteiger partial charge >= 0.3 is 0 Å². The number of carbonyl (C=O) groups is 2. The van der Waals surface area contributed by atoms with Crippen molar-refractivity contribution in [1.82, 2.24) is 20.5 Å². The zero-order valence-electron chi connectivity index (χ0n) is 13.5. The summed E-state index contributed by atoms with van der Waals surface area (Å²) in [5, 5.41) is 10.9. The first-order chi connectivity index (χ1) is 12.2. The lowest BCUT2D eigenvalue weighted by molar-refractivity contribution is -0.126. The third-order valence-electron chi connectivity index (χ3n) is 4.39. The fraction of sp³-hybridized carbons (Fsp3) is 0.222. The number of aromatic nitrogens is 3. The smallest absolute Gasteiger partial charge is 0.229 e. The van der Waals surface area contributed by atoms with Gasteiger partial charge in [0.1, 0.15) is 0 Å². The highest BCUT2D eigenvalue weighted by Crippen LogP contribution is 2.29. The molecule has 4 rings (SSSR count). The number of H-pyrrole nitrogens is 1. The summed E-state index contributed by atoms with van der Waals surface area (Å²) in [5.41, 5.74) is 1.80. The highest BCUT2D eigenvalue weighted by atomic mass is 16.2. The summed E-state index contributed by atoms with van der Waals surface area (Å²) >= 11 is 0. The topological polar surface area (TPSA) is 91.0 Å². The van der Waals surface area contributed by atoms with Gasteiger partial charge in [0.15, 0.2) is 5.82 Å². The largest absolute Gasteiger partial charge is 0.352 e. The second-order valence-corrected chi connectivity index (χ2v) is 6.08. The van der Waals surface area contributed by atoms with Crippen LogP contribution in [0.4, 0.5) is 5.82 Å². The first-order valence-electron chi connectivity index (χ1n) is 8.12. The van der Waals surface area contributed by atoms with Gasteiger partial charge in [-0.05, 0) is 23.8 Å². The van der Waals surface area contributed by atoms with E-state index in [1.165, 1.54) is 0 Å². The van der Waals surface area contributed by atoms with Crippen molar-refractivity contribution >= 4 is 28.5 Å². The standard InChI is InChI=1S/C18H17N5O2/c24-16-8-13(18(25)20-10-12-4-3-7-19-9-12)11-23(16)17-14-5-1-2-6-15(14)21-22-17/h1-7,9,13H,8,10-11H2,(H,20,25)(H,21,22). The molecule has 2 amide bonds. The number of para-hydroxylation sites is 1. The molecule has 2 aromatic heterocycles. The van der Waals surface area contributed by atoms with Gasteiger partial charge in [0.2, 0.25) is 11.8 Å². The van der Waals surface area contributed by atoms with E-state index in [9.17, 15) is 9.59 Å². The van der Waals surface area contributed by atoms with E-state index in [0.29, 0.717) is 18.9 Å². The van der Waals surface area contributed by atoms with Crippen LogP contribution in [0.2, 0.25) is 0 Å². The Hall–Kier alpha value is -3.22. The third kappa shape index (κ3) is 2.96. The molecule has 1 atom stereocenters. The van der Waals surface area contributed by atoms with Crippen molar-refractivity contribution in [1.29, 1.82) is 0 Å². The maximum absolute atomic E-state index is 12.4. The predicted molar refractivity (Wildman–Crippen MR) is 92.6 cm³/mol. The Morgan fingerprint density at radius 1 is 1.28 bits per heavy atom. The van der Waals surface area contributed by atoms with Gasteiger partial charge < -0.3 is 5.32 Å². The molecule has 0 radical (unpaired) electrons. The summed E-state index contributed by atoms with van der Waals surface area (Å²) in [4.78, 5) is 30.4. The fourth-order valence-electron chi connectivity index (χ4n) is 3.08. The van der Waals surface area contributed by atoms with E-state index in [1.807, 2.05) is 36.4 Å². The van der Waals surface area contributed by atoms with E-state index in [0.717, 1.165) is 16.5 Å². The molecule has 1 saturated heterocycles. The number of nitrogens with one attached hydrogen (secondary N) is 2. The first kappa shape index (κ1) is 15.3. The van der Waals surface area contributed by atoms with Crippen LogP contribution in [0.15, 0.2) is 48.8 Å². The minimum atomic E-state index is -0.375. The molecular formula is C18H17N5O2. The van der Waals surface area contributed by atoms with Crippen LogP contribution in [-0.2, 0) is 16.1 Å². The summed E-state index contributed by atoms with van der Waals surface area (Å²) < 4.78 is 0. The molecular weight excluding hydrogens is 318 g/mol. The van der Waals surface area contributed by atoms with Gasteiger partial charge in [-0.2, -0.15) is 5.10 Å². The van der Waals surface area contributed by atoms with Crippen molar-refractivity contribution in [2.24, 2.45) is 5.92 Å². The van der Waals surface area contributed by atoms with Crippen LogP contribution in [0.1, 0.15) is 12.0 Å². The molecule has 1 aliphatic rings. The van der Waals surface area contributed by atoms with Gasteiger partial charge in [-0.3, -0.25) is 24.6 Å². The van der Waals surface area contributed by atoms with Crippen LogP contribution in [0.3, 0.4) is 0 Å². The number of rotatable bonds is 4. The van der Waals surface area contributed by atoms with Gasteiger partial charge in [0, 0.05) is 37.3 Å². The fourth-order valence-corrected chi connectivity index (χ4v) is 3.08. The minimum Gasteiger partial charge on any atom is -0.352 e. The molecule has 1 fully saturated rings. The van der Waals surface area contributed by atoms with Crippen LogP contribution >= 0.6 is 0 Å². The summed E-state index contributed by atoms with van der Waals surface area (Å²) in [6.07, 6.45) is 3.59. The average molecular weight is 335 g/mol. The number of amides is 2. The quantitative estimate of drug-likeness (QED) is 0.758. The summed E-state index contributed by atoms with van der Waals surface area (Å²) in [7, 11) is 0. The van der Waals surface area contributed by atoms with Crippen molar-refractivity contribution in [2.45, 2.75) is 13.0 Å². The van der Waals surface area contributed by atoms with E-state index in [2.05, 4.69) is 20.5 Å². The Kier molecular flexibility index (Phi) is 3.89. The van der Waals surface area contributed by atoms with Crippen molar-refractivity contribution in [3.8, 4) is 0 Å². The lowest BCUT2D eigenvalue weighted by Crippen LogP contribution is -2.32. The van der Waals surface area contributed by atoms with Crippen LogP contribution in [0, 0.1) is 5.92 Å². The van der Waals surface area contributed by atoms with Gasteiger partial charge in [-0.1, -0.05) is 18.2 Å². The van der Waals surface area contributed by atoms with Crippen molar-refractivity contribution in [3.63, 3.8) is 0 Å². The molecule has 0 aliphatic carbocycles. The summed E-state index contributed by atoms with van der Waals surface area (Å²) in [6.45, 7) is 0.745. The van der Waals surface area contributed by atoms with Crippen molar-refractivity contribution < 1.29 is 9.59 Å². The number of carbonyl (C=O) groups excluding carboxylic acids is 2. The third-order valence-corrected chi connectivity index (χ3v) is 4.39. The number of hydrogen-bond acceptors (Lipinski definition) is 4. The van der Waals surface area contributed by atoms with E-state index in [-0.39, 0.29) is 24.2 Å². The number of anilines is 1. The van der Waals surface area contributed by atoms with Crippen LogP contribution < -0.4 is 10.2 Å². The van der Waals surface area contributed by atoms with Gasteiger partial charge in [-0.25, -0.2) is 0 Å². The van der Waals surface area contributed by atoms with Gasteiger partial charge in [-0.15, -0.1) is 0 Å². The lowest BCUT2D eigenvalue weighted by atomic mass is 10.1. The molecule has 0 saturated carbocycles. The SMILES string of the molecule is O=C(NCc1cccnc1)C1CC(=O)N(c2n[nH]c3ccccc23)C1. The molecule has 126 valence electrons. The normalized spacial score (nSPS) is 17.2. The van der Waals surface area contributed by atoms with E-state index < -0.39 is 0 Å². The van der Waals surface area contributed by atoms with Crippen molar-refractivity contribution in [2.75, 3.05) is 11.4 Å². The second kappa shape index (κ2) is 6.35. The number of aromatic amines is 1. The lowest BCUT2D eigenvalue weighted by Gasteiger charge is -2.14. The van der Waals surface area contributed by atoms with E-state index in [1.54, 1.807) is 17.3 Å². The monoisotopic (exact) mass is 335 g/mol. The van der Waals surface area contributed by atoms with Gasteiger partial charge in [0.25, 0.3) is 0 Å². The Labute approximate surface area is 144 Å². The summed E-state index contributed by atoms with van der Waals surface area (Å²) in [6, 6.07) is 11.4. The van der Waals surface area contributed by atoms with Crippen molar-refractivity contribution in [3.05, 3.63) is 54.4 Å². The molecule has 25 heavy (non-hydrogen) atoms. The Morgan fingerprint density at radius 2 is 2.16 bits per heavy atom. The molecule has 2 N–H and O–H groups in total. The average Bonchev–Trinajstić information content (AvgIpc) is 3.24. The molecule has 1 aliphatic heterocycles. The van der Waals surface area contributed by atoms with E-state index >= 15 is 0 Å². The number of benzene rings is 1. The Bertz CT molecular complexity index is 921. The zero-order valence-corrected chi connectivity index (χ0v) is 13.5. The zero-order chi connectivity index (χ0) is 17.2. The first-order valence-corrected chi connectivity index (χ1v) is 8.12. The van der Waals surface area contributed by atoms with Crippen LogP contribution in [0.5, 0.6) is 0 Å². The Balaban J connectivity index is 1.46. The maximum Gasteiger partial charge on any atom is 0.229 e. The molecule has 1 aromatic carbocycles. The highest BCUT2D eigenvalue weighted by Gasteiger charge is 2.36. The summed E-state index contributed by atoms with van der Waals surface area (Å²) in [5.74, 6) is 0.00104. The van der Waals surface area contributed by atoms with Crippen LogP contribution in [-0.4, -0.2) is 33.5 Å². The van der Waals surface area contributed by atoms with E-state index in [4.69, 9.17) is 0 Å². The number of nitrogens with zero attached hydrogens (tertiary/aromatic N) is 3. The molecule has 3 heterocycles. The molecule has 7 nitrogen and oxygen atoms in total. The highest BCUT2D eigenvalue weighted by molar-refractivity contribution is 6.05. The minimum absolute atomic E-state index is 0.0845. The molecule has 0 spiro atoms. The maximum atomic E-state index is 12.4. The molecule has 0 bridgehead atoms. The number of pyridine rings is 1. The molecule has 3 aromatic rings. The number of hydrogen-bond donors (Lipinski definition) is 2. The van der Waals surface area contributed by atoms with Crippen LogP contribution in [0.25, 0.3) is 10.9 Å². The van der Waals surface area contributed by atoms with Gasteiger partial charge in [0.05, 0.1) is 11.4 Å². The predicted octanol–water partition coefficient (Wildman–Crippen LogP) is 1.63. The molecule has 1 unspecified atom stereocenters. The molecule has 7 heteroatoms. The second-order valence-electron chi connectivity index (χ2n) is 6.08. The Morgan fingerprint density at radius 3 is 3.00 bits per heavy atom. The number of fused-ring (bicyclic) bond motifs is 1.